The van der Waals surface area contributed by atoms with E-state index >= 15 is 0 Å². The van der Waals surface area contributed by atoms with E-state index in [1.807, 2.05) is 18.2 Å². The Hall–Kier alpha value is -1.55. The normalized spacial score (nSPS) is 35.7. The minimum atomic E-state index is -0.0377. The highest BCUT2D eigenvalue weighted by Crippen LogP contribution is 2.46. The summed E-state index contributed by atoms with van der Waals surface area (Å²) >= 11 is 0. The fourth-order valence-corrected chi connectivity index (χ4v) is 3.00. The Balaban J connectivity index is 1.87. The van der Waals surface area contributed by atoms with E-state index in [1.54, 1.807) is 6.07 Å². The summed E-state index contributed by atoms with van der Waals surface area (Å²) in [6.45, 7) is 2.11. The molecule has 2 heterocycles. The van der Waals surface area contributed by atoms with Gasteiger partial charge in [-0.1, -0.05) is 25.1 Å². The molecule has 2 fully saturated rings. The van der Waals surface area contributed by atoms with E-state index in [4.69, 9.17) is 0 Å². The van der Waals surface area contributed by atoms with Crippen LogP contribution in [0.25, 0.3) is 0 Å². The van der Waals surface area contributed by atoms with Gasteiger partial charge in [-0.25, -0.2) is 0 Å². The number of carbonyl (C=O) groups is 1. The summed E-state index contributed by atoms with van der Waals surface area (Å²) in [7, 11) is 0. The molecule has 2 saturated heterocycles. The highest BCUT2D eigenvalue weighted by Gasteiger charge is 2.50. The summed E-state index contributed by atoms with van der Waals surface area (Å²) in [5, 5.41) is 16.2. The Morgan fingerprint density at radius 3 is 2.88 bits per heavy atom. The van der Waals surface area contributed by atoms with Crippen LogP contribution in [-0.4, -0.2) is 17.2 Å². The number of hydrogen-bond donors (Lipinski definition) is 3. The van der Waals surface area contributed by atoms with E-state index in [0.717, 1.165) is 12.0 Å². The lowest BCUT2D eigenvalue weighted by atomic mass is 9.83. The molecule has 0 spiro atoms. The predicted octanol–water partition coefficient (Wildman–Crippen LogP) is 1.28. The number of hydrogen-bond acceptors (Lipinski definition) is 3. The van der Waals surface area contributed by atoms with Crippen molar-refractivity contribution in [3.63, 3.8) is 0 Å². The average Bonchev–Trinajstić information content (AvgIpc) is 2.68. The summed E-state index contributed by atoms with van der Waals surface area (Å²) < 4.78 is 0. The molecule has 1 aromatic rings. The Bertz CT molecular complexity index is 474. The number of phenolic OH excluding ortho intramolecular Hbond substituents is 1. The first-order valence-corrected chi connectivity index (χ1v) is 5.92. The SMILES string of the molecule is C[C@]12CC(=O)N[C@@H]1N[C@@H](c1ccccc1O)C2. The average molecular weight is 232 g/mol. The van der Waals surface area contributed by atoms with Gasteiger partial charge >= 0.3 is 0 Å². The highest BCUT2D eigenvalue weighted by atomic mass is 16.3. The van der Waals surface area contributed by atoms with Gasteiger partial charge in [-0.05, 0) is 12.5 Å². The minimum Gasteiger partial charge on any atom is -0.508 e. The number of rotatable bonds is 1. The van der Waals surface area contributed by atoms with Crippen LogP contribution < -0.4 is 10.6 Å². The van der Waals surface area contributed by atoms with Crippen molar-refractivity contribution >= 4 is 5.91 Å². The fraction of sp³-hybridized carbons (Fsp3) is 0.462. The van der Waals surface area contributed by atoms with Gasteiger partial charge in [0.2, 0.25) is 5.91 Å². The molecule has 1 aromatic carbocycles. The molecule has 0 aliphatic carbocycles. The Kier molecular flexibility index (Phi) is 2.16. The zero-order valence-corrected chi connectivity index (χ0v) is 9.73. The lowest BCUT2D eigenvalue weighted by Crippen LogP contribution is -2.40. The van der Waals surface area contributed by atoms with Crippen LogP contribution in [0.3, 0.4) is 0 Å². The van der Waals surface area contributed by atoms with Crippen molar-refractivity contribution in [3.05, 3.63) is 29.8 Å². The molecular weight excluding hydrogens is 216 g/mol. The maximum atomic E-state index is 11.4. The lowest BCUT2D eigenvalue weighted by Gasteiger charge is -2.19. The fourth-order valence-electron chi connectivity index (χ4n) is 3.00. The quantitative estimate of drug-likeness (QED) is 0.683. The van der Waals surface area contributed by atoms with Crippen LogP contribution in [0.4, 0.5) is 0 Å². The monoisotopic (exact) mass is 232 g/mol. The molecule has 1 amide bonds. The topological polar surface area (TPSA) is 61.4 Å². The van der Waals surface area contributed by atoms with Crippen molar-refractivity contribution in [2.75, 3.05) is 0 Å². The van der Waals surface area contributed by atoms with Gasteiger partial charge in [-0.15, -0.1) is 0 Å². The van der Waals surface area contributed by atoms with E-state index in [9.17, 15) is 9.90 Å². The Morgan fingerprint density at radius 1 is 1.41 bits per heavy atom. The molecule has 90 valence electrons. The van der Waals surface area contributed by atoms with Crippen LogP contribution in [0.2, 0.25) is 0 Å². The number of phenols is 1. The summed E-state index contributed by atoms with van der Waals surface area (Å²) in [5.41, 5.74) is 0.877. The number of para-hydroxylation sites is 1. The van der Waals surface area contributed by atoms with E-state index < -0.39 is 0 Å². The first kappa shape index (κ1) is 10.6. The highest BCUT2D eigenvalue weighted by molar-refractivity contribution is 5.80. The van der Waals surface area contributed by atoms with Crippen molar-refractivity contribution in [2.24, 2.45) is 5.41 Å². The third kappa shape index (κ3) is 1.60. The third-order valence-corrected chi connectivity index (χ3v) is 3.92. The molecule has 0 radical (unpaired) electrons. The Morgan fingerprint density at radius 2 is 2.18 bits per heavy atom. The molecule has 3 atom stereocenters. The van der Waals surface area contributed by atoms with Crippen LogP contribution in [0.5, 0.6) is 5.75 Å². The first-order valence-electron chi connectivity index (χ1n) is 5.92. The molecule has 0 saturated carbocycles. The van der Waals surface area contributed by atoms with Crippen LogP contribution in [-0.2, 0) is 4.79 Å². The van der Waals surface area contributed by atoms with Gasteiger partial charge in [0.15, 0.2) is 0 Å². The van der Waals surface area contributed by atoms with Gasteiger partial charge in [-0.2, -0.15) is 0 Å². The second-order valence-electron chi connectivity index (χ2n) is 5.31. The molecule has 17 heavy (non-hydrogen) atoms. The van der Waals surface area contributed by atoms with Crippen LogP contribution in [0.1, 0.15) is 31.4 Å². The molecule has 3 N–H and O–H groups in total. The first-order chi connectivity index (χ1) is 8.08. The zero-order valence-electron chi connectivity index (χ0n) is 9.73. The van der Waals surface area contributed by atoms with Crippen LogP contribution in [0.15, 0.2) is 24.3 Å². The molecule has 4 heteroatoms. The van der Waals surface area contributed by atoms with Gasteiger partial charge in [0, 0.05) is 23.4 Å². The molecule has 4 nitrogen and oxygen atoms in total. The molecule has 2 aliphatic heterocycles. The van der Waals surface area contributed by atoms with Crippen molar-refractivity contribution < 1.29 is 9.90 Å². The smallest absolute Gasteiger partial charge is 0.221 e. The molecule has 2 aliphatic rings. The van der Waals surface area contributed by atoms with E-state index in [-0.39, 0.29) is 23.5 Å². The van der Waals surface area contributed by atoms with E-state index in [1.165, 1.54) is 0 Å². The number of nitrogens with one attached hydrogen (secondary N) is 2. The van der Waals surface area contributed by atoms with Crippen molar-refractivity contribution in [1.82, 2.24) is 10.6 Å². The van der Waals surface area contributed by atoms with Crippen LogP contribution in [0, 0.1) is 5.41 Å². The number of benzene rings is 1. The van der Waals surface area contributed by atoms with Crippen molar-refractivity contribution in [1.29, 1.82) is 0 Å². The van der Waals surface area contributed by atoms with Gasteiger partial charge in [0.25, 0.3) is 0 Å². The number of fused-ring (bicyclic) bond motifs is 1. The lowest BCUT2D eigenvalue weighted by molar-refractivity contribution is -0.120. The molecule has 0 unspecified atom stereocenters. The largest absolute Gasteiger partial charge is 0.508 e. The summed E-state index contributed by atoms with van der Waals surface area (Å²) in [6, 6.07) is 7.49. The zero-order chi connectivity index (χ0) is 12.0. The number of carbonyl (C=O) groups excluding carboxylic acids is 1. The van der Waals surface area contributed by atoms with Crippen LogP contribution >= 0.6 is 0 Å². The van der Waals surface area contributed by atoms with Crippen molar-refractivity contribution in [3.8, 4) is 5.75 Å². The van der Waals surface area contributed by atoms with Gasteiger partial charge < -0.3 is 10.4 Å². The molecule has 0 bridgehead atoms. The van der Waals surface area contributed by atoms with E-state index in [2.05, 4.69) is 17.6 Å². The Labute approximate surface area is 100 Å². The van der Waals surface area contributed by atoms with E-state index in [0.29, 0.717) is 12.2 Å². The summed E-state index contributed by atoms with van der Waals surface area (Å²) in [4.78, 5) is 11.4. The summed E-state index contributed by atoms with van der Waals surface area (Å²) in [6.07, 6.45) is 1.46. The maximum Gasteiger partial charge on any atom is 0.221 e. The van der Waals surface area contributed by atoms with Gasteiger partial charge in [0.1, 0.15) is 5.75 Å². The number of amides is 1. The molecular formula is C13H16N2O2. The molecule has 0 aromatic heterocycles. The predicted molar refractivity (Wildman–Crippen MR) is 63.3 cm³/mol. The molecule has 3 rings (SSSR count). The standard InChI is InChI=1S/C13H16N2O2/c1-13-6-9(8-4-2-3-5-10(8)16)14-12(13)15-11(17)7-13/h2-5,9,12,14,16H,6-7H2,1H3,(H,15,17)/t9-,12+,13+/m1/s1. The second-order valence-corrected chi connectivity index (χ2v) is 5.31. The number of aromatic hydroxyl groups is 1. The second kappa shape index (κ2) is 3.47. The summed E-state index contributed by atoms with van der Waals surface area (Å²) in [5.74, 6) is 0.431. The minimum absolute atomic E-state index is 0.0274. The maximum absolute atomic E-state index is 11.4. The van der Waals surface area contributed by atoms with Crippen molar-refractivity contribution in [2.45, 2.75) is 32.0 Å². The van der Waals surface area contributed by atoms with Gasteiger partial charge in [0.05, 0.1) is 6.17 Å². The van der Waals surface area contributed by atoms with Gasteiger partial charge in [-0.3, -0.25) is 10.1 Å². The third-order valence-electron chi connectivity index (χ3n) is 3.92.